The highest BCUT2D eigenvalue weighted by Gasteiger charge is 2.34. The summed E-state index contributed by atoms with van der Waals surface area (Å²) in [7, 11) is -4.44. The van der Waals surface area contributed by atoms with Crippen LogP contribution in [0.15, 0.2) is 77.7 Å². The maximum atomic E-state index is 13.4. The van der Waals surface area contributed by atoms with Crippen LogP contribution >= 0.6 is 11.6 Å². The van der Waals surface area contributed by atoms with E-state index in [9.17, 15) is 26.4 Å². The zero-order valence-corrected chi connectivity index (χ0v) is 21.0. The number of ether oxygens (including phenoxy) is 1. The van der Waals surface area contributed by atoms with Gasteiger partial charge >= 0.3 is 6.18 Å². The molecule has 1 amide bonds. The predicted octanol–water partition coefficient (Wildman–Crippen LogP) is 5.83. The fourth-order valence-electron chi connectivity index (χ4n) is 3.42. The molecule has 3 rings (SSSR count). The largest absolute Gasteiger partial charge is 0.494 e. The summed E-state index contributed by atoms with van der Waals surface area (Å²) in [6.45, 7) is 3.25. The van der Waals surface area contributed by atoms with Gasteiger partial charge in [-0.3, -0.25) is 9.10 Å². The summed E-state index contributed by atoms with van der Waals surface area (Å²) in [5.74, 6) is -0.0801. The van der Waals surface area contributed by atoms with Crippen molar-refractivity contribution in [1.82, 2.24) is 5.32 Å². The molecule has 11 heteroatoms. The quantitative estimate of drug-likeness (QED) is 0.370. The van der Waals surface area contributed by atoms with Crippen molar-refractivity contribution >= 4 is 33.2 Å². The number of halogens is 4. The lowest BCUT2D eigenvalue weighted by atomic mass is 10.1. The molecule has 3 aromatic rings. The number of sulfonamides is 1. The van der Waals surface area contributed by atoms with E-state index in [0.717, 1.165) is 17.7 Å². The Hall–Kier alpha value is -3.24. The van der Waals surface area contributed by atoms with Crippen molar-refractivity contribution in [1.29, 1.82) is 0 Å². The van der Waals surface area contributed by atoms with Crippen LogP contribution in [0, 0.1) is 0 Å². The SMILES string of the molecule is CCOc1ccc([C@@H](C)NC(=O)CN(c2cc(C(F)(F)F)ccc2Cl)S(=O)(=O)c2ccccc2)cc1. The monoisotopic (exact) mass is 540 g/mol. The highest BCUT2D eigenvalue weighted by Crippen LogP contribution is 2.37. The van der Waals surface area contributed by atoms with Crippen molar-refractivity contribution in [2.45, 2.75) is 31.0 Å². The lowest BCUT2D eigenvalue weighted by Gasteiger charge is -2.26. The van der Waals surface area contributed by atoms with Gasteiger partial charge in [0.05, 0.1) is 33.8 Å². The Morgan fingerprint density at radius 2 is 1.69 bits per heavy atom. The lowest BCUT2D eigenvalue weighted by Crippen LogP contribution is -2.41. The van der Waals surface area contributed by atoms with Crippen LogP contribution in [0.25, 0.3) is 0 Å². The van der Waals surface area contributed by atoms with Crippen LogP contribution in [0.1, 0.15) is 31.0 Å². The van der Waals surface area contributed by atoms with E-state index in [-0.39, 0.29) is 9.92 Å². The number of carbonyl (C=O) groups is 1. The molecule has 6 nitrogen and oxygen atoms in total. The Kier molecular flexibility index (Phi) is 8.52. The summed E-state index contributed by atoms with van der Waals surface area (Å²) in [6.07, 6.45) is -4.74. The van der Waals surface area contributed by atoms with Crippen LogP contribution in [0.2, 0.25) is 5.02 Å². The molecule has 0 radical (unpaired) electrons. The van der Waals surface area contributed by atoms with Gasteiger partial charge in [0.1, 0.15) is 12.3 Å². The number of nitrogens with one attached hydrogen (secondary N) is 1. The first-order valence-corrected chi connectivity index (χ1v) is 12.7. The Morgan fingerprint density at radius 3 is 2.28 bits per heavy atom. The van der Waals surface area contributed by atoms with Crippen molar-refractivity contribution in [2.24, 2.45) is 0 Å². The molecule has 1 atom stereocenters. The number of amides is 1. The Morgan fingerprint density at radius 1 is 1.06 bits per heavy atom. The van der Waals surface area contributed by atoms with Crippen LogP contribution in [0.3, 0.4) is 0 Å². The van der Waals surface area contributed by atoms with E-state index < -0.39 is 45.9 Å². The molecule has 3 aromatic carbocycles. The number of hydrogen-bond acceptors (Lipinski definition) is 4. The topological polar surface area (TPSA) is 75.7 Å². The van der Waals surface area contributed by atoms with Crippen LogP contribution in [0.4, 0.5) is 18.9 Å². The molecule has 0 aliphatic rings. The van der Waals surface area contributed by atoms with Crippen molar-refractivity contribution in [2.75, 3.05) is 17.5 Å². The molecule has 0 fully saturated rings. The van der Waals surface area contributed by atoms with E-state index in [1.165, 1.54) is 24.3 Å². The van der Waals surface area contributed by atoms with E-state index >= 15 is 0 Å². The molecule has 1 N–H and O–H groups in total. The van der Waals surface area contributed by atoms with E-state index in [0.29, 0.717) is 22.7 Å². The number of rotatable bonds is 9. The molecule has 0 spiro atoms. The molecule has 0 aromatic heterocycles. The molecule has 0 heterocycles. The highest BCUT2D eigenvalue weighted by molar-refractivity contribution is 7.92. The minimum atomic E-state index is -4.74. The van der Waals surface area contributed by atoms with Gasteiger partial charge in [-0.05, 0) is 61.9 Å². The first-order valence-electron chi connectivity index (χ1n) is 10.9. The Labute approximate surface area is 212 Å². The average Bonchev–Trinajstić information content (AvgIpc) is 2.83. The van der Waals surface area contributed by atoms with Crippen molar-refractivity contribution < 1.29 is 31.1 Å². The molecule has 0 aliphatic carbocycles. The van der Waals surface area contributed by atoms with Crippen molar-refractivity contribution in [3.63, 3.8) is 0 Å². The molecular weight excluding hydrogens is 517 g/mol. The minimum Gasteiger partial charge on any atom is -0.494 e. The van der Waals surface area contributed by atoms with E-state index in [1.807, 2.05) is 6.92 Å². The summed E-state index contributed by atoms with van der Waals surface area (Å²) >= 11 is 6.14. The molecule has 192 valence electrons. The van der Waals surface area contributed by atoms with Gasteiger partial charge in [0.25, 0.3) is 10.0 Å². The first-order chi connectivity index (χ1) is 16.9. The van der Waals surface area contributed by atoms with Gasteiger partial charge in [-0.2, -0.15) is 13.2 Å². The Balaban J connectivity index is 1.94. The maximum absolute atomic E-state index is 13.4. The third kappa shape index (κ3) is 6.50. The van der Waals surface area contributed by atoms with E-state index in [2.05, 4.69) is 5.32 Å². The second-order valence-electron chi connectivity index (χ2n) is 7.78. The van der Waals surface area contributed by atoms with Crippen LogP contribution in [-0.2, 0) is 21.0 Å². The molecule has 0 bridgehead atoms. The predicted molar refractivity (Wildman–Crippen MR) is 132 cm³/mol. The second kappa shape index (κ2) is 11.2. The third-order valence-corrected chi connectivity index (χ3v) is 7.32. The summed E-state index contributed by atoms with van der Waals surface area (Å²) in [5, 5.41) is 2.43. The Bertz CT molecular complexity index is 1300. The summed E-state index contributed by atoms with van der Waals surface area (Å²) in [6, 6.07) is 15.8. The third-order valence-electron chi connectivity index (χ3n) is 5.23. The molecular formula is C25H24ClF3N2O4S. The van der Waals surface area contributed by atoms with Gasteiger partial charge in [0, 0.05) is 0 Å². The molecule has 0 saturated carbocycles. The van der Waals surface area contributed by atoms with E-state index in [1.54, 1.807) is 37.3 Å². The number of benzene rings is 3. The fraction of sp³-hybridized carbons (Fsp3) is 0.240. The number of nitrogens with zero attached hydrogens (tertiary/aromatic N) is 1. The van der Waals surface area contributed by atoms with E-state index in [4.69, 9.17) is 16.3 Å². The zero-order chi connectivity index (χ0) is 26.5. The number of anilines is 1. The van der Waals surface area contributed by atoms with Gasteiger partial charge in [-0.1, -0.05) is 41.9 Å². The number of hydrogen-bond donors (Lipinski definition) is 1. The fourth-order valence-corrected chi connectivity index (χ4v) is 5.14. The number of alkyl halides is 3. The van der Waals surface area contributed by atoms with Gasteiger partial charge in [-0.15, -0.1) is 0 Å². The molecule has 36 heavy (non-hydrogen) atoms. The minimum absolute atomic E-state index is 0.203. The average molecular weight is 541 g/mol. The van der Waals surface area contributed by atoms with Crippen LogP contribution in [-0.4, -0.2) is 27.5 Å². The molecule has 0 aliphatic heterocycles. The molecule has 0 saturated heterocycles. The van der Waals surface area contributed by atoms with Crippen molar-refractivity contribution in [3.05, 3.63) is 88.9 Å². The normalized spacial score (nSPS) is 12.6. The van der Waals surface area contributed by atoms with Gasteiger partial charge in [0.15, 0.2) is 0 Å². The lowest BCUT2D eigenvalue weighted by molar-refractivity contribution is -0.137. The van der Waals surface area contributed by atoms with Gasteiger partial charge in [-0.25, -0.2) is 8.42 Å². The molecule has 0 unspecified atom stereocenters. The maximum Gasteiger partial charge on any atom is 0.416 e. The summed E-state index contributed by atoms with van der Waals surface area (Å²) in [5.41, 5.74) is -0.834. The smallest absolute Gasteiger partial charge is 0.416 e. The first kappa shape index (κ1) is 27.3. The van der Waals surface area contributed by atoms with Crippen molar-refractivity contribution in [3.8, 4) is 5.75 Å². The van der Waals surface area contributed by atoms with Gasteiger partial charge in [0.2, 0.25) is 5.91 Å². The van der Waals surface area contributed by atoms with Crippen LogP contribution in [0.5, 0.6) is 5.75 Å². The van der Waals surface area contributed by atoms with Crippen LogP contribution < -0.4 is 14.4 Å². The van der Waals surface area contributed by atoms with Gasteiger partial charge < -0.3 is 10.1 Å². The summed E-state index contributed by atoms with van der Waals surface area (Å²) in [4.78, 5) is 12.7. The number of carbonyl (C=O) groups excluding carboxylic acids is 1. The highest BCUT2D eigenvalue weighted by atomic mass is 35.5. The second-order valence-corrected chi connectivity index (χ2v) is 10.0. The summed E-state index contributed by atoms with van der Waals surface area (Å²) < 4.78 is 73.0. The standard InChI is InChI=1S/C25H24ClF3N2O4S/c1-3-35-20-12-9-18(10-13-20)17(2)30-24(32)16-31(36(33,34)21-7-5-4-6-8-21)23-15-19(25(27,28)29)11-14-22(23)26/h4-15,17H,3,16H2,1-2H3,(H,30,32)/t17-/m1/s1. The zero-order valence-electron chi connectivity index (χ0n) is 19.4.